The number of rotatable bonds is 1. The highest BCUT2D eigenvalue weighted by molar-refractivity contribution is 5.98. The summed E-state index contributed by atoms with van der Waals surface area (Å²) in [4.78, 5) is 20.1. The van der Waals surface area contributed by atoms with Gasteiger partial charge in [0.2, 0.25) is 0 Å². The molecule has 4 heteroatoms. The predicted molar refractivity (Wildman–Crippen MR) is 72.8 cm³/mol. The smallest absolute Gasteiger partial charge is 0.251 e. The summed E-state index contributed by atoms with van der Waals surface area (Å²) in [6.07, 6.45) is 3.26. The summed E-state index contributed by atoms with van der Waals surface area (Å²) in [5, 5.41) is 2.92. The summed E-state index contributed by atoms with van der Waals surface area (Å²) in [6, 6.07) is 7.75. The van der Waals surface area contributed by atoms with Gasteiger partial charge >= 0.3 is 0 Å². The molecule has 0 atom stereocenters. The van der Waals surface area contributed by atoms with E-state index >= 15 is 0 Å². The molecule has 1 N–H and O–H groups in total. The van der Waals surface area contributed by atoms with Crippen LogP contribution in [-0.4, -0.2) is 22.4 Å². The molecule has 0 radical (unpaired) electrons. The van der Waals surface area contributed by atoms with Crippen LogP contribution in [-0.2, 0) is 5.41 Å². The Bertz CT molecular complexity index is 635. The maximum atomic E-state index is 11.9. The van der Waals surface area contributed by atoms with Crippen LogP contribution < -0.4 is 5.32 Å². The monoisotopic (exact) mass is 253 g/mol. The van der Waals surface area contributed by atoms with Gasteiger partial charge < -0.3 is 5.32 Å². The number of benzene rings is 1. The summed E-state index contributed by atoms with van der Waals surface area (Å²) < 4.78 is 0. The average Bonchev–Trinajstić information content (AvgIpc) is 2.44. The van der Waals surface area contributed by atoms with E-state index in [0.29, 0.717) is 6.54 Å². The quantitative estimate of drug-likeness (QED) is 0.847. The fraction of sp³-hybridized carbons (Fsp3) is 0.267. The molecule has 0 spiro atoms. The molecule has 96 valence electrons. The van der Waals surface area contributed by atoms with Crippen molar-refractivity contribution in [3.8, 4) is 11.3 Å². The van der Waals surface area contributed by atoms with Crippen molar-refractivity contribution >= 4 is 5.91 Å². The van der Waals surface area contributed by atoms with E-state index in [-0.39, 0.29) is 11.3 Å². The molecule has 0 bridgehead atoms. The maximum absolute atomic E-state index is 11.9. The first kappa shape index (κ1) is 11.8. The van der Waals surface area contributed by atoms with Crippen LogP contribution in [0.2, 0.25) is 0 Å². The van der Waals surface area contributed by atoms with Crippen LogP contribution in [0.25, 0.3) is 11.3 Å². The second kappa shape index (κ2) is 4.16. The lowest BCUT2D eigenvalue weighted by Gasteiger charge is -2.32. The molecular weight excluding hydrogens is 238 g/mol. The van der Waals surface area contributed by atoms with Gasteiger partial charge in [-0.15, -0.1) is 0 Å². The molecule has 0 saturated carbocycles. The van der Waals surface area contributed by atoms with Gasteiger partial charge in [0.1, 0.15) is 6.33 Å². The minimum absolute atomic E-state index is 0.00330. The van der Waals surface area contributed by atoms with E-state index in [1.807, 2.05) is 18.2 Å². The highest BCUT2D eigenvalue weighted by Crippen LogP contribution is 2.32. The van der Waals surface area contributed by atoms with Crippen LogP contribution in [0.15, 0.2) is 36.8 Å². The van der Waals surface area contributed by atoms with E-state index in [0.717, 1.165) is 22.4 Å². The first-order valence-corrected chi connectivity index (χ1v) is 6.27. The van der Waals surface area contributed by atoms with E-state index in [9.17, 15) is 4.79 Å². The summed E-state index contributed by atoms with van der Waals surface area (Å²) in [7, 11) is 0. The second-order valence-corrected chi connectivity index (χ2v) is 5.42. The highest BCUT2D eigenvalue weighted by atomic mass is 16.1. The third kappa shape index (κ3) is 1.99. The topological polar surface area (TPSA) is 54.9 Å². The SMILES string of the molecule is CC1(C)CNC(=O)c2ccc(-c3ccncn3)cc21. The summed E-state index contributed by atoms with van der Waals surface area (Å²) in [5.41, 5.74) is 3.66. The van der Waals surface area contributed by atoms with Crippen molar-refractivity contribution in [1.82, 2.24) is 15.3 Å². The summed E-state index contributed by atoms with van der Waals surface area (Å²) in [5.74, 6) is 0.00330. The normalized spacial score (nSPS) is 16.6. The van der Waals surface area contributed by atoms with E-state index in [1.54, 1.807) is 6.20 Å². The third-order valence-electron chi connectivity index (χ3n) is 3.56. The molecule has 3 rings (SSSR count). The van der Waals surface area contributed by atoms with Crippen LogP contribution in [0.1, 0.15) is 29.8 Å². The van der Waals surface area contributed by atoms with Crippen molar-refractivity contribution in [2.24, 2.45) is 0 Å². The van der Waals surface area contributed by atoms with Crippen LogP contribution in [0.4, 0.5) is 0 Å². The van der Waals surface area contributed by atoms with E-state index in [4.69, 9.17) is 0 Å². The average molecular weight is 253 g/mol. The molecule has 1 aliphatic rings. The number of carbonyl (C=O) groups excluding carboxylic acids is 1. The molecule has 0 unspecified atom stereocenters. The number of nitrogens with zero attached hydrogens (tertiary/aromatic N) is 2. The predicted octanol–water partition coefficient (Wildman–Crippen LogP) is 2.16. The zero-order chi connectivity index (χ0) is 13.5. The largest absolute Gasteiger partial charge is 0.351 e. The maximum Gasteiger partial charge on any atom is 0.251 e. The molecule has 1 amide bonds. The van der Waals surface area contributed by atoms with Gasteiger partial charge in [0.25, 0.3) is 5.91 Å². The highest BCUT2D eigenvalue weighted by Gasteiger charge is 2.31. The Balaban J connectivity index is 2.15. The van der Waals surface area contributed by atoms with Crippen molar-refractivity contribution in [3.63, 3.8) is 0 Å². The minimum atomic E-state index is -0.0632. The number of fused-ring (bicyclic) bond motifs is 1. The number of carbonyl (C=O) groups is 1. The van der Waals surface area contributed by atoms with Gasteiger partial charge in [-0.05, 0) is 23.8 Å². The molecule has 1 aromatic carbocycles. The molecule has 0 saturated heterocycles. The zero-order valence-corrected chi connectivity index (χ0v) is 11.0. The zero-order valence-electron chi connectivity index (χ0n) is 11.0. The molecule has 0 fully saturated rings. The second-order valence-electron chi connectivity index (χ2n) is 5.42. The first-order valence-electron chi connectivity index (χ1n) is 6.27. The van der Waals surface area contributed by atoms with Gasteiger partial charge in [-0.25, -0.2) is 9.97 Å². The molecule has 0 aliphatic carbocycles. The lowest BCUT2D eigenvalue weighted by atomic mass is 9.78. The van der Waals surface area contributed by atoms with E-state index in [1.165, 1.54) is 6.33 Å². The Kier molecular flexibility index (Phi) is 2.59. The third-order valence-corrected chi connectivity index (χ3v) is 3.56. The fourth-order valence-corrected chi connectivity index (χ4v) is 2.41. The number of hydrogen-bond donors (Lipinski definition) is 1. The minimum Gasteiger partial charge on any atom is -0.351 e. The standard InChI is InChI=1S/C15H15N3O/c1-15(2)8-17-14(19)11-4-3-10(7-12(11)15)13-5-6-16-9-18-13/h3-7,9H,8H2,1-2H3,(H,17,19). The Morgan fingerprint density at radius 3 is 2.84 bits per heavy atom. The van der Waals surface area contributed by atoms with Crippen molar-refractivity contribution in [3.05, 3.63) is 47.9 Å². The number of amides is 1. The number of hydrogen-bond acceptors (Lipinski definition) is 3. The van der Waals surface area contributed by atoms with Crippen molar-refractivity contribution in [1.29, 1.82) is 0 Å². The number of nitrogens with one attached hydrogen (secondary N) is 1. The fourth-order valence-electron chi connectivity index (χ4n) is 2.41. The first-order chi connectivity index (χ1) is 9.08. The Morgan fingerprint density at radius 1 is 1.26 bits per heavy atom. The Hall–Kier alpha value is -2.23. The van der Waals surface area contributed by atoms with E-state index < -0.39 is 0 Å². The Labute approximate surface area is 111 Å². The van der Waals surface area contributed by atoms with Crippen LogP contribution >= 0.6 is 0 Å². The van der Waals surface area contributed by atoms with Gasteiger partial charge in [-0.1, -0.05) is 19.9 Å². The number of aromatic nitrogens is 2. The van der Waals surface area contributed by atoms with Crippen molar-refractivity contribution in [2.75, 3.05) is 6.54 Å². The molecule has 1 aromatic heterocycles. The summed E-state index contributed by atoms with van der Waals surface area (Å²) >= 11 is 0. The molecule has 4 nitrogen and oxygen atoms in total. The molecular formula is C15H15N3O. The Morgan fingerprint density at radius 2 is 2.11 bits per heavy atom. The van der Waals surface area contributed by atoms with Crippen LogP contribution in [0, 0.1) is 0 Å². The van der Waals surface area contributed by atoms with Crippen LogP contribution in [0.5, 0.6) is 0 Å². The van der Waals surface area contributed by atoms with Gasteiger partial charge in [0, 0.05) is 29.3 Å². The lowest BCUT2D eigenvalue weighted by molar-refractivity contribution is 0.0930. The van der Waals surface area contributed by atoms with Gasteiger partial charge in [-0.3, -0.25) is 4.79 Å². The van der Waals surface area contributed by atoms with Crippen molar-refractivity contribution in [2.45, 2.75) is 19.3 Å². The molecule has 1 aliphatic heterocycles. The van der Waals surface area contributed by atoms with Crippen LogP contribution in [0.3, 0.4) is 0 Å². The molecule has 2 aromatic rings. The van der Waals surface area contributed by atoms with Crippen molar-refractivity contribution < 1.29 is 4.79 Å². The van der Waals surface area contributed by atoms with Gasteiger partial charge in [0.15, 0.2) is 0 Å². The van der Waals surface area contributed by atoms with Gasteiger partial charge in [-0.2, -0.15) is 0 Å². The molecule has 19 heavy (non-hydrogen) atoms. The van der Waals surface area contributed by atoms with Gasteiger partial charge in [0.05, 0.1) is 5.69 Å². The molecule has 2 heterocycles. The summed E-state index contributed by atoms with van der Waals surface area (Å²) in [6.45, 7) is 4.93. The lowest BCUT2D eigenvalue weighted by Crippen LogP contribution is -2.43. The van der Waals surface area contributed by atoms with E-state index in [2.05, 4.69) is 35.2 Å².